The zero-order valence-corrected chi connectivity index (χ0v) is 22.0. The van der Waals surface area contributed by atoms with E-state index in [4.69, 9.17) is 0 Å². The largest absolute Gasteiger partial charge is 1.00 e. The zero-order chi connectivity index (χ0) is 16.4. The second-order valence-electron chi connectivity index (χ2n) is 6.81. The van der Waals surface area contributed by atoms with Crippen molar-refractivity contribution < 1.29 is 50.5 Å². The standard InChI is InChI=1S/C10H21NO.C6H7.C2H7Si.2ClH.Hf/c1-2-3-4-5-6-7-8-9-10(11)12;1-6-4-2-3-5-6;1-3-2;;;/h2-9H2,1H3,(H2,11,12);4-5H,2H2,1H3;3H,1-2H3;2*1H;/q;;;;;+3/p-3. The van der Waals surface area contributed by atoms with E-state index >= 15 is 0 Å². The van der Waals surface area contributed by atoms with Crippen LogP contribution in [0.1, 0.15) is 71.6 Å². The molecular weight excluding hydrogens is 524 g/mol. The maximum absolute atomic E-state index is 12.3. The first-order chi connectivity index (χ1) is 10.5. The van der Waals surface area contributed by atoms with E-state index in [1.807, 2.05) is 0 Å². The van der Waals surface area contributed by atoms with Gasteiger partial charge in [0, 0.05) is 0 Å². The molecule has 0 atom stereocenters. The number of hydrogen-bond donors (Lipinski definition) is 1. The maximum Gasteiger partial charge on any atom is -1.00 e. The van der Waals surface area contributed by atoms with Crippen LogP contribution in [0.5, 0.6) is 0 Å². The third kappa shape index (κ3) is 11.3. The molecule has 0 aromatic carbocycles. The molecule has 0 unspecified atom stereocenters. The van der Waals surface area contributed by atoms with Crippen molar-refractivity contribution in [1.82, 2.24) is 3.30 Å². The molecule has 1 N–H and O–H groups in total. The quantitative estimate of drug-likeness (QED) is 0.256. The first-order valence-corrected chi connectivity index (χ1v) is 21.8. The van der Waals surface area contributed by atoms with E-state index < -0.39 is 26.9 Å². The number of carbonyl (C=O) groups excluding carboxylic acids is 1. The Morgan fingerprint density at radius 2 is 1.71 bits per heavy atom. The van der Waals surface area contributed by atoms with Gasteiger partial charge in [-0.3, -0.25) is 0 Å². The molecule has 0 saturated heterocycles. The van der Waals surface area contributed by atoms with Gasteiger partial charge in [0.25, 0.3) is 0 Å². The number of allylic oxidation sites excluding steroid dienone is 4. The van der Waals surface area contributed by atoms with E-state index in [2.05, 4.69) is 42.4 Å². The van der Waals surface area contributed by atoms with Gasteiger partial charge in [-0.2, -0.15) is 0 Å². The van der Waals surface area contributed by atoms with Crippen molar-refractivity contribution in [3.8, 4) is 0 Å². The Bertz CT molecular complexity index is 414. The van der Waals surface area contributed by atoms with E-state index in [9.17, 15) is 4.79 Å². The molecule has 0 radical (unpaired) electrons. The van der Waals surface area contributed by atoms with Crippen LogP contribution in [0.2, 0.25) is 13.1 Å². The van der Waals surface area contributed by atoms with Crippen LogP contribution in [0.3, 0.4) is 0 Å². The Hall–Kier alpha value is 0.617. The average Bonchev–Trinajstić information content (AvgIpc) is 2.89. The van der Waals surface area contributed by atoms with Crippen molar-refractivity contribution in [2.24, 2.45) is 0 Å². The fourth-order valence-corrected chi connectivity index (χ4v) is 22.6. The SMILES string of the molecule is CCCCCCCCCC(=O)[NH][Hf+2]([C]1=CC(C)=CC1)[SiH](C)C.[Cl-].[Cl-]. The van der Waals surface area contributed by atoms with Gasteiger partial charge in [0.2, 0.25) is 0 Å². The van der Waals surface area contributed by atoms with Gasteiger partial charge < -0.3 is 24.8 Å². The van der Waals surface area contributed by atoms with Crippen LogP contribution in [0.4, 0.5) is 0 Å². The van der Waals surface area contributed by atoms with Crippen molar-refractivity contribution >= 4 is 11.9 Å². The first kappa shape index (κ1) is 26.8. The second kappa shape index (κ2) is 15.8. The molecule has 0 spiro atoms. The smallest absolute Gasteiger partial charge is 1.00 e. The molecule has 0 aromatic heterocycles. The Morgan fingerprint density at radius 3 is 2.21 bits per heavy atom. The van der Waals surface area contributed by atoms with E-state index in [0.717, 1.165) is 19.3 Å². The number of rotatable bonds is 11. The van der Waals surface area contributed by atoms with Crippen LogP contribution < -0.4 is 28.1 Å². The summed E-state index contributed by atoms with van der Waals surface area (Å²) < 4.78 is 5.16. The summed E-state index contributed by atoms with van der Waals surface area (Å²) in [5.41, 5.74) is 1.40. The molecule has 0 aromatic rings. The van der Waals surface area contributed by atoms with E-state index in [-0.39, 0.29) is 24.8 Å². The molecule has 139 valence electrons. The molecule has 0 saturated carbocycles. The average molecular weight is 558 g/mol. The Morgan fingerprint density at radius 1 is 1.12 bits per heavy atom. The van der Waals surface area contributed by atoms with Gasteiger partial charge in [0.1, 0.15) is 0 Å². The summed E-state index contributed by atoms with van der Waals surface area (Å²) in [7, 11) is 0. The molecular formula is C18H34Cl2HfNOSi. The topological polar surface area (TPSA) is 29.1 Å². The molecule has 0 fully saturated rings. The summed E-state index contributed by atoms with van der Waals surface area (Å²) in [6, 6.07) is 0. The number of nitrogens with one attached hydrogen (secondary N) is 1. The minimum Gasteiger partial charge on any atom is -1.00 e. The molecule has 2 nitrogen and oxygen atoms in total. The summed E-state index contributed by atoms with van der Waals surface area (Å²) in [6.07, 6.45) is 15.5. The van der Waals surface area contributed by atoms with Crippen LogP contribution in [-0.2, 0) is 25.7 Å². The van der Waals surface area contributed by atoms with Crippen LogP contribution in [0.25, 0.3) is 0 Å². The number of carbonyl (C=O) groups is 1. The molecule has 1 amide bonds. The maximum atomic E-state index is 12.3. The minimum absolute atomic E-state index is 0. The van der Waals surface area contributed by atoms with Crippen LogP contribution in [0.15, 0.2) is 21.1 Å². The molecule has 0 bridgehead atoms. The minimum atomic E-state index is -1.99. The third-order valence-electron chi connectivity index (χ3n) is 4.25. The number of hydrogen-bond acceptors (Lipinski definition) is 1. The molecule has 1 aliphatic rings. The van der Waals surface area contributed by atoms with Gasteiger partial charge in [-0.15, -0.1) is 0 Å². The molecule has 0 aliphatic heterocycles. The first-order valence-electron chi connectivity index (χ1n) is 9.09. The summed E-state index contributed by atoms with van der Waals surface area (Å²) in [5.74, 6) is -0.354. The fraction of sp³-hybridized carbons (Fsp3) is 0.722. The van der Waals surface area contributed by atoms with Gasteiger partial charge in [0.15, 0.2) is 0 Å². The summed E-state index contributed by atoms with van der Waals surface area (Å²) in [6.45, 7) is 9.27. The van der Waals surface area contributed by atoms with E-state index in [1.54, 1.807) is 3.33 Å². The van der Waals surface area contributed by atoms with Gasteiger partial charge in [-0.25, -0.2) is 0 Å². The molecule has 6 heteroatoms. The Kier molecular flexibility index (Phi) is 17.7. The van der Waals surface area contributed by atoms with Crippen LogP contribution in [-0.4, -0.2) is 11.9 Å². The van der Waals surface area contributed by atoms with Gasteiger partial charge >= 0.3 is 147 Å². The van der Waals surface area contributed by atoms with Crippen molar-refractivity contribution in [3.63, 3.8) is 0 Å². The van der Waals surface area contributed by atoms with Gasteiger partial charge in [-0.05, 0) is 0 Å². The predicted octanol–water partition coefficient (Wildman–Crippen LogP) is -0.998. The summed E-state index contributed by atoms with van der Waals surface area (Å²) in [4.78, 5) is 12.3. The van der Waals surface area contributed by atoms with Crippen LogP contribution in [0, 0.1) is 0 Å². The number of unbranched alkanes of at least 4 members (excludes halogenated alkanes) is 6. The van der Waals surface area contributed by atoms with Crippen molar-refractivity contribution in [1.29, 1.82) is 0 Å². The normalized spacial score (nSPS) is 12.9. The molecule has 0 heterocycles. The van der Waals surface area contributed by atoms with E-state index in [1.165, 1.54) is 44.1 Å². The van der Waals surface area contributed by atoms with Crippen molar-refractivity contribution in [2.45, 2.75) is 84.7 Å². The number of halogens is 2. The summed E-state index contributed by atoms with van der Waals surface area (Å²) in [5, 5.41) is 0. The van der Waals surface area contributed by atoms with E-state index in [0.29, 0.717) is 5.91 Å². The van der Waals surface area contributed by atoms with Gasteiger partial charge in [-0.1, -0.05) is 0 Å². The molecule has 1 rings (SSSR count). The third-order valence-corrected chi connectivity index (χ3v) is 27.8. The Balaban J connectivity index is 0. The zero-order valence-electron chi connectivity index (χ0n) is 15.8. The summed E-state index contributed by atoms with van der Waals surface area (Å²) >= 11 is -1.99. The van der Waals surface area contributed by atoms with Gasteiger partial charge in [0.05, 0.1) is 0 Å². The van der Waals surface area contributed by atoms with Crippen LogP contribution >= 0.6 is 0 Å². The second-order valence-corrected chi connectivity index (χ2v) is 32.5. The Labute approximate surface area is 170 Å². The number of amides is 1. The fourth-order valence-electron chi connectivity index (χ4n) is 2.90. The molecule has 1 aliphatic carbocycles. The van der Waals surface area contributed by atoms with Crippen molar-refractivity contribution in [2.75, 3.05) is 0 Å². The predicted molar refractivity (Wildman–Crippen MR) is 96.1 cm³/mol. The monoisotopic (exact) mass is 558 g/mol. The molecule has 24 heavy (non-hydrogen) atoms. The van der Waals surface area contributed by atoms with Crippen molar-refractivity contribution in [3.05, 3.63) is 21.1 Å².